The molecule has 0 aliphatic rings. The fraction of sp³-hybridized carbons (Fsp3) is 0.120. The molecule has 0 aromatic heterocycles. The van der Waals surface area contributed by atoms with Crippen LogP contribution in [0, 0.1) is 5.82 Å². The Balaban J connectivity index is 1.74. The molecular weight excluding hydrogens is 451 g/mol. The van der Waals surface area contributed by atoms with Crippen LogP contribution in [0.15, 0.2) is 60.7 Å². The van der Waals surface area contributed by atoms with Crippen LogP contribution in [0.3, 0.4) is 0 Å². The van der Waals surface area contributed by atoms with E-state index in [1.54, 1.807) is 0 Å². The number of allylic oxidation sites excluding steroid dienone is 1. The van der Waals surface area contributed by atoms with E-state index < -0.39 is 11.8 Å². The van der Waals surface area contributed by atoms with E-state index in [0.717, 1.165) is 0 Å². The molecule has 0 aliphatic heterocycles. The smallest absolute Gasteiger partial charge is 0.343 e. The second kappa shape index (κ2) is 10.7. The molecule has 3 aromatic rings. The van der Waals surface area contributed by atoms with Gasteiger partial charge in [0.05, 0.1) is 31.9 Å². The van der Waals surface area contributed by atoms with Gasteiger partial charge >= 0.3 is 5.97 Å². The van der Waals surface area contributed by atoms with Crippen molar-refractivity contribution in [1.29, 1.82) is 0 Å². The van der Waals surface area contributed by atoms with Gasteiger partial charge in [-0.25, -0.2) is 9.18 Å². The van der Waals surface area contributed by atoms with Crippen LogP contribution in [-0.2, 0) is 0 Å². The molecule has 6 nitrogen and oxygen atoms in total. The van der Waals surface area contributed by atoms with E-state index in [0.29, 0.717) is 22.8 Å². The van der Waals surface area contributed by atoms with Gasteiger partial charge in [-0.05, 0) is 60.7 Å². The highest BCUT2D eigenvalue weighted by Gasteiger charge is 2.18. The summed E-state index contributed by atoms with van der Waals surface area (Å²) < 4.78 is 34.9. The largest absolute Gasteiger partial charge is 0.493 e. The van der Waals surface area contributed by atoms with E-state index >= 15 is 0 Å². The minimum Gasteiger partial charge on any atom is -0.493 e. The molecule has 0 unspecified atom stereocenters. The zero-order chi connectivity index (χ0) is 24.0. The molecule has 33 heavy (non-hydrogen) atoms. The fourth-order valence-corrected chi connectivity index (χ4v) is 3.20. The Kier molecular flexibility index (Phi) is 7.69. The summed E-state index contributed by atoms with van der Waals surface area (Å²) in [5.74, 6) is -0.339. The fourth-order valence-electron chi connectivity index (χ4n) is 2.98. The standard InChI is InChI=1S/C25H20ClFO6/c1-30-22-13-16(14-23(31-2)24(22)32-3)25(29)33-17-9-7-15(8-10-17)21(28)12-11-18-19(26)5-4-6-20(18)27/h4-14H,1-3H3/b12-11+. The quantitative estimate of drug-likeness (QED) is 0.184. The van der Waals surface area contributed by atoms with Gasteiger partial charge in [-0.15, -0.1) is 0 Å². The van der Waals surface area contributed by atoms with Crippen molar-refractivity contribution in [2.24, 2.45) is 0 Å². The Bertz CT molecular complexity index is 1160. The van der Waals surface area contributed by atoms with E-state index in [4.69, 9.17) is 30.5 Å². The lowest BCUT2D eigenvalue weighted by Crippen LogP contribution is -2.10. The molecule has 3 rings (SSSR count). The van der Waals surface area contributed by atoms with Gasteiger partial charge in [-0.2, -0.15) is 0 Å². The predicted molar refractivity (Wildman–Crippen MR) is 122 cm³/mol. The SMILES string of the molecule is COc1cc(C(=O)Oc2ccc(C(=O)/C=C/c3c(F)cccc3Cl)cc2)cc(OC)c1OC. The average molecular weight is 471 g/mol. The molecule has 170 valence electrons. The van der Waals surface area contributed by atoms with E-state index in [1.807, 2.05) is 0 Å². The normalized spacial score (nSPS) is 10.7. The van der Waals surface area contributed by atoms with Gasteiger partial charge in [0, 0.05) is 11.1 Å². The van der Waals surface area contributed by atoms with Crippen LogP contribution in [0.25, 0.3) is 6.08 Å². The summed E-state index contributed by atoms with van der Waals surface area (Å²) in [6.45, 7) is 0. The molecule has 0 heterocycles. The summed E-state index contributed by atoms with van der Waals surface area (Å²) >= 11 is 5.96. The predicted octanol–water partition coefficient (Wildman–Crippen LogP) is 5.62. The number of rotatable bonds is 8. The van der Waals surface area contributed by atoms with Crippen molar-refractivity contribution in [2.45, 2.75) is 0 Å². The van der Waals surface area contributed by atoms with E-state index in [9.17, 15) is 14.0 Å². The first kappa shape index (κ1) is 23.8. The molecule has 0 saturated heterocycles. The van der Waals surface area contributed by atoms with Crippen LogP contribution in [-0.4, -0.2) is 33.1 Å². The molecule has 0 saturated carbocycles. The summed E-state index contributed by atoms with van der Waals surface area (Å²) in [6, 6.07) is 13.2. The number of methoxy groups -OCH3 is 3. The van der Waals surface area contributed by atoms with Gasteiger partial charge in [0.2, 0.25) is 5.75 Å². The summed E-state index contributed by atoms with van der Waals surface area (Å²) in [7, 11) is 4.34. The highest BCUT2D eigenvalue weighted by Crippen LogP contribution is 2.38. The Morgan fingerprint density at radius 2 is 1.52 bits per heavy atom. The number of benzene rings is 3. The summed E-state index contributed by atoms with van der Waals surface area (Å²) in [6.07, 6.45) is 2.54. The summed E-state index contributed by atoms with van der Waals surface area (Å²) in [5.41, 5.74) is 0.643. The third-order valence-electron chi connectivity index (χ3n) is 4.65. The lowest BCUT2D eigenvalue weighted by atomic mass is 10.1. The molecule has 0 bridgehead atoms. The maximum absolute atomic E-state index is 13.8. The minimum absolute atomic E-state index is 0.128. The first-order valence-corrected chi connectivity index (χ1v) is 10.0. The molecule has 0 amide bonds. The van der Waals surface area contributed by atoms with Crippen LogP contribution in [0.4, 0.5) is 4.39 Å². The van der Waals surface area contributed by atoms with E-state index in [-0.39, 0.29) is 27.7 Å². The van der Waals surface area contributed by atoms with Crippen molar-refractivity contribution < 1.29 is 32.9 Å². The Labute approximate surface area is 195 Å². The van der Waals surface area contributed by atoms with Gasteiger partial charge < -0.3 is 18.9 Å². The average Bonchev–Trinajstić information content (AvgIpc) is 2.82. The number of ether oxygens (including phenoxy) is 4. The minimum atomic E-state index is -0.651. The number of esters is 1. The third kappa shape index (κ3) is 5.51. The zero-order valence-corrected chi connectivity index (χ0v) is 18.8. The molecule has 8 heteroatoms. The molecule has 0 radical (unpaired) electrons. The Morgan fingerprint density at radius 1 is 0.879 bits per heavy atom. The van der Waals surface area contributed by atoms with Crippen molar-refractivity contribution in [3.8, 4) is 23.0 Å². The Hall–Kier alpha value is -3.84. The van der Waals surface area contributed by atoms with Crippen molar-refractivity contribution in [3.63, 3.8) is 0 Å². The first-order valence-electron chi connectivity index (χ1n) is 9.66. The van der Waals surface area contributed by atoms with Crippen molar-refractivity contribution in [1.82, 2.24) is 0 Å². The van der Waals surface area contributed by atoms with Gasteiger partial charge in [-0.3, -0.25) is 4.79 Å². The number of hydrogen-bond acceptors (Lipinski definition) is 6. The number of halogens is 2. The van der Waals surface area contributed by atoms with E-state index in [2.05, 4.69) is 0 Å². The monoisotopic (exact) mass is 470 g/mol. The first-order chi connectivity index (χ1) is 15.9. The molecule has 0 spiro atoms. The van der Waals surface area contributed by atoms with Gasteiger partial charge in [0.15, 0.2) is 17.3 Å². The molecular formula is C25H20ClFO6. The van der Waals surface area contributed by atoms with Crippen LogP contribution >= 0.6 is 11.6 Å². The highest BCUT2D eigenvalue weighted by atomic mass is 35.5. The van der Waals surface area contributed by atoms with E-state index in [1.165, 1.54) is 88.1 Å². The lowest BCUT2D eigenvalue weighted by Gasteiger charge is -2.13. The molecule has 0 aliphatic carbocycles. The lowest BCUT2D eigenvalue weighted by molar-refractivity contribution is 0.0733. The topological polar surface area (TPSA) is 71.1 Å². The van der Waals surface area contributed by atoms with Gasteiger partial charge in [0.1, 0.15) is 11.6 Å². The van der Waals surface area contributed by atoms with Gasteiger partial charge in [-0.1, -0.05) is 17.7 Å². The second-order valence-electron chi connectivity index (χ2n) is 6.66. The number of hydrogen-bond donors (Lipinski definition) is 0. The molecule has 0 N–H and O–H groups in total. The van der Waals surface area contributed by atoms with Crippen LogP contribution < -0.4 is 18.9 Å². The number of carbonyl (C=O) groups is 2. The maximum atomic E-state index is 13.8. The molecule has 0 atom stereocenters. The van der Waals surface area contributed by atoms with Crippen molar-refractivity contribution in [3.05, 3.63) is 88.2 Å². The molecule has 3 aromatic carbocycles. The van der Waals surface area contributed by atoms with Crippen LogP contribution in [0.2, 0.25) is 5.02 Å². The molecule has 0 fully saturated rings. The zero-order valence-electron chi connectivity index (χ0n) is 18.1. The van der Waals surface area contributed by atoms with Crippen LogP contribution in [0.5, 0.6) is 23.0 Å². The number of carbonyl (C=O) groups excluding carboxylic acids is 2. The van der Waals surface area contributed by atoms with Gasteiger partial charge in [0.25, 0.3) is 0 Å². The maximum Gasteiger partial charge on any atom is 0.343 e. The van der Waals surface area contributed by atoms with Crippen LogP contribution in [0.1, 0.15) is 26.3 Å². The second-order valence-corrected chi connectivity index (χ2v) is 7.07. The highest BCUT2D eigenvalue weighted by molar-refractivity contribution is 6.32. The summed E-state index contributed by atoms with van der Waals surface area (Å²) in [5, 5.41) is 0.202. The third-order valence-corrected chi connectivity index (χ3v) is 4.98. The number of ketones is 1. The van der Waals surface area contributed by atoms with Crippen molar-refractivity contribution in [2.75, 3.05) is 21.3 Å². The van der Waals surface area contributed by atoms with Crippen molar-refractivity contribution >= 4 is 29.4 Å². The Morgan fingerprint density at radius 3 is 2.06 bits per heavy atom. The summed E-state index contributed by atoms with van der Waals surface area (Å²) in [4.78, 5) is 25.0.